The summed E-state index contributed by atoms with van der Waals surface area (Å²) < 4.78 is 10.5. The van der Waals surface area contributed by atoms with E-state index in [-0.39, 0.29) is 5.91 Å². The maximum absolute atomic E-state index is 12.8. The topological polar surface area (TPSA) is 101 Å². The van der Waals surface area contributed by atoms with E-state index in [2.05, 4.69) is 11.4 Å². The molecule has 0 spiro atoms. The molecule has 0 heterocycles. The third-order valence-corrected chi connectivity index (χ3v) is 4.15. The quantitative estimate of drug-likeness (QED) is 0.738. The normalized spacial score (nSPS) is 10.0. The van der Waals surface area contributed by atoms with Crippen molar-refractivity contribution in [3.05, 3.63) is 53.1 Å². The summed E-state index contributed by atoms with van der Waals surface area (Å²) in [6, 6.07) is 12.6. The van der Waals surface area contributed by atoms with E-state index in [1.807, 2.05) is 24.1 Å². The number of hydrogen-bond donors (Lipinski definition) is 2. The number of nitriles is 1. The van der Waals surface area contributed by atoms with Crippen LogP contribution in [0.4, 0.5) is 5.69 Å². The number of nitrogens with zero attached hydrogens (tertiary/aromatic N) is 2. The number of hydrogen-bond acceptors (Lipinski definition) is 6. The number of nitrogens with two attached hydrogens (primary N) is 1. The first kappa shape index (κ1) is 20.1. The molecule has 0 bridgehead atoms. The first-order chi connectivity index (χ1) is 13.0. The van der Waals surface area contributed by atoms with E-state index in [9.17, 15) is 4.79 Å². The van der Waals surface area contributed by atoms with E-state index >= 15 is 0 Å². The maximum Gasteiger partial charge on any atom is 0.253 e. The molecule has 1 amide bonds. The van der Waals surface area contributed by atoms with Crippen LogP contribution in [0.1, 0.15) is 21.5 Å². The number of benzene rings is 2. The molecule has 0 saturated heterocycles. The Hall–Kier alpha value is -3.24. The fraction of sp³-hybridized carbons (Fsp3) is 0.300. The SMILES string of the molecule is COc1ccc(CNC(=O)c2cc(C#N)ccc2N(C)CCN)cc1OC. The molecule has 7 nitrogen and oxygen atoms in total. The van der Waals surface area contributed by atoms with E-state index in [0.717, 1.165) is 11.3 Å². The summed E-state index contributed by atoms with van der Waals surface area (Å²) in [7, 11) is 4.99. The lowest BCUT2D eigenvalue weighted by molar-refractivity contribution is 0.0951. The molecule has 7 heteroatoms. The molecule has 142 valence electrons. The van der Waals surface area contributed by atoms with Crippen LogP contribution in [0.5, 0.6) is 11.5 Å². The van der Waals surface area contributed by atoms with Crippen LogP contribution in [-0.2, 0) is 6.54 Å². The van der Waals surface area contributed by atoms with Crippen molar-refractivity contribution < 1.29 is 14.3 Å². The van der Waals surface area contributed by atoms with Crippen LogP contribution in [-0.4, -0.2) is 40.3 Å². The molecule has 0 aromatic heterocycles. The van der Waals surface area contributed by atoms with Gasteiger partial charge >= 0.3 is 0 Å². The van der Waals surface area contributed by atoms with E-state index in [1.165, 1.54) is 0 Å². The zero-order valence-corrected chi connectivity index (χ0v) is 15.8. The fourth-order valence-electron chi connectivity index (χ4n) is 2.70. The summed E-state index contributed by atoms with van der Waals surface area (Å²) in [6.45, 7) is 1.38. The van der Waals surface area contributed by atoms with Crippen molar-refractivity contribution in [1.82, 2.24) is 5.32 Å². The predicted molar refractivity (Wildman–Crippen MR) is 104 cm³/mol. The van der Waals surface area contributed by atoms with Gasteiger partial charge in [0.1, 0.15) is 0 Å². The minimum absolute atomic E-state index is 0.263. The summed E-state index contributed by atoms with van der Waals surface area (Å²) in [6.07, 6.45) is 0. The molecule has 0 aliphatic heterocycles. The highest BCUT2D eigenvalue weighted by Gasteiger charge is 2.15. The number of ether oxygens (including phenoxy) is 2. The Morgan fingerprint density at radius 2 is 1.93 bits per heavy atom. The lowest BCUT2D eigenvalue weighted by atomic mass is 10.1. The third kappa shape index (κ3) is 4.90. The molecule has 0 fully saturated rings. The van der Waals surface area contributed by atoms with Crippen LogP contribution in [0.3, 0.4) is 0 Å². The van der Waals surface area contributed by atoms with E-state index in [0.29, 0.717) is 42.3 Å². The van der Waals surface area contributed by atoms with Crippen molar-refractivity contribution in [3.8, 4) is 17.6 Å². The minimum atomic E-state index is -0.263. The lowest BCUT2D eigenvalue weighted by Gasteiger charge is -2.21. The van der Waals surface area contributed by atoms with Crippen LogP contribution < -0.4 is 25.4 Å². The number of likely N-dealkylation sites (N-methyl/N-ethyl adjacent to an activating group) is 1. The van der Waals surface area contributed by atoms with E-state index in [1.54, 1.807) is 38.5 Å². The number of anilines is 1. The maximum atomic E-state index is 12.8. The standard InChI is InChI=1S/C20H24N4O3/c1-24(9-8-21)17-6-4-14(12-22)10-16(17)20(25)23-13-15-5-7-18(26-2)19(11-15)27-3/h4-7,10-11H,8-9,13,21H2,1-3H3,(H,23,25). The van der Waals surface area contributed by atoms with Crippen molar-refractivity contribution >= 4 is 11.6 Å². The van der Waals surface area contributed by atoms with Gasteiger partial charge in [-0.05, 0) is 35.9 Å². The number of carbonyl (C=O) groups is 1. The number of rotatable bonds is 8. The summed E-state index contributed by atoms with van der Waals surface area (Å²) in [5, 5.41) is 12.0. The average Bonchev–Trinajstić information content (AvgIpc) is 2.71. The molecule has 0 radical (unpaired) electrons. The Kier molecular flexibility index (Phi) is 7.03. The molecule has 2 rings (SSSR count). The second-order valence-electron chi connectivity index (χ2n) is 5.93. The smallest absolute Gasteiger partial charge is 0.253 e. The van der Waals surface area contributed by atoms with Gasteiger partial charge in [-0.2, -0.15) is 5.26 Å². The Balaban J connectivity index is 2.21. The van der Waals surface area contributed by atoms with Gasteiger partial charge in [0.25, 0.3) is 5.91 Å². The molecule has 0 unspecified atom stereocenters. The van der Waals surface area contributed by atoms with Crippen LogP contribution in [0, 0.1) is 11.3 Å². The van der Waals surface area contributed by atoms with Gasteiger partial charge in [-0.3, -0.25) is 4.79 Å². The lowest BCUT2D eigenvalue weighted by Crippen LogP contribution is -2.29. The highest BCUT2D eigenvalue weighted by Crippen LogP contribution is 2.27. The Morgan fingerprint density at radius 3 is 2.56 bits per heavy atom. The number of amides is 1. The number of carbonyl (C=O) groups excluding carboxylic acids is 1. The molecule has 0 saturated carbocycles. The molecule has 2 aromatic carbocycles. The fourth-order valence-corrected chi connectivity index (χ4v) is 2.70. The Labute approximate surface area is 159 Å². The molecular formula is C20H24N4O3. The van der Waals surface area contributed by atoms with Gasteiger partial charge in [-0.15, -0.1) is 0 Å². The Morgan fingerprint density at radius 1 is 1.19 bits per heavy atom. The summed E-state index contributed by atoms with van der Waals surface area (Å²) in [5.74, 6) is 0.958. The van der Waals surface area contributed by atoms with E-state index in [4.69, 9.17) is 20.5 Å². The first-order valence-corrected chi connectivity index (χ1v) is 8.48. The van der Waals surface area contributed by atoms with Gasteiger partial charge in [-0.25, -0.2) is 0 Å². The van der Waals surface area contributed by atoms with Crippen LogP contribution in [0.25, 0.3) is 0 Å². The number of nitrogens with one attached hydrogen (secondary N) is 1. The zero-order valence-electron chi connectivity index (χ0n) is 15.8. The predicted octanol–water partition coefficient (Wildman–Crippen LogP) is 1.90. The largest absolute Gasteiger partial charge is 0.493 e. The van der Waals surface area contributed by atoms with Crippen molar-refractivity contribution in [2.75, 3.05) is 39.3 Å². The Bertz CT molecular complexity index is 846. The van der Waals surface area contributed by atoms with E-state index < -0.39 is 0 Å². The molecule has 0 atom stereocenters. The minimum Gasteiger partial charge on any atom is -0.493 e. The number of methoxy groups -OCH3 is 2. The van der Waals surface area contributed by atoms with Crippen molar-refractivity contribution in [2.24, 2.45) is 5.73 Å². The monoisotopic (exact) mass is 368 g/mol. The highest BCUT2D eigenvalue weighted by atomic mass is 16.5. The summed E-state index contributed by atoms with van der Waals surface area (Å²) >= 11 is 0. The van der Waals surface area contributed by atoms with Gasteiger partial charge < -0.3 is 25.4 Å². The molecule has 2 aromatic rings. The van der Waals surface area contributed by atoms with Gasteiger partial charge in [0.2, 0.25) is 0 Å². The molecule has 0 aliphatic carbocycles. The third-order valence-electron chi connectivity index (χ3n) is 4.15. The van der Waals surface area contributed by atoms with Crippen molar-refractivity contribution in [1.29, 1.82) is 5.26 Å². The van der Waals surface area contributed by atoms with Crippen LogP contribution in [0.2, 0.25) is 0 Å². The van der Waals surface area contributed by atoms with Crippen LogP contribution in [0.15, 0.2) is 36.4 Å². The second kappa shape index (κ2) is 9.46. The zero-order chi connectivity index (χ0) is 19.8. The van der Waals surface area contributed by atoms with Gasteiger partial charge in [0.05, 0.1) is 31.4 Å². The summed E-state index contributed by atoms with van der Waals surface area (Å²) in [4.78, 5) is 14.7. The van der Waals surface area contributed by atoms with Gasteiger partial charge in [-0.1, -0.05) is 6.07 Å². The second-order valence-corrected chi connectivity index (χ2v) is 5.93. The van der Waals surface area contributed by atoms with Gasteiger partial charge in [0, 0.05) is 32.4 Å². The summed E-state index contributed by atoms with van der Waals surface area (Å²) in [5.41, 5.74) is 8.08. The highest BCUT2D eigenvalue weighted by molar-refractivity contribution is 6.00. The van der Waals surface area contributed by atoms with Crippen molar-refractivity contribution in [3.63, 3.8) is 0 Å². The first-order valence-electron chi connectivity index (χ1n) is 8.48. The van der Waals surface area contributed by atoms with Crippen molar-refractivity contribution in [2.45, 2.75) is 6.54 Å². The van der Waals surface area contributed by atoms with Gasteiger partial charge in [0.15, 0.2) is 11.5 Å². The molecular weight excluding hydrogens is 344 g/mol. The molecule has 27 heavy (non-hydrogen) atoms. The molecule has 0 aliphatic rings. The average molecular weight is 368 g/mol. The van der Waals surface area contributed by atoms with Crippen LogP contribution >= 0.6 is 0 Å². The molecule has 3 N–H and O–H groups in total.